The van der Waals surface area contributed by atoms with E-state index in [1.54, 1.807) is 26.0 Å². The summed E-state index contributed by atoms with van der Waals surface area (Å²) in [6.07, 6.45) is 6.79. The molecule has 22 heavy (non-hydrogen) atoms. The van der Waals surface area contributed by atoms with Gasteiger partial charge in [0, 0.05) is 0 Å². The molecule has 3 unspecified atom stereocenters. The van der Waals surface area contributed by atoms with Crippen LogP contribution in [0.3, 0.4) is 0 Å². The van der Waals surface area contributed by atoms with E-state index in [0.717, 1.165) is 12.8 Å². The lowest BCUT2D eigenvalue weighted by molar-refractivity contribution is -0.164. The first-order valence-electron chi connectivity index (χ1n) is 8.05. The van der Waals surface area contributed by atoms with Gasteiger partial charge in [0.15, 0.2) is 0 Å². The molecule has 0 heterocycles. The highest BCUT2D eigenvalue weighted by atomic mass is 16.6. The Morgan fingerprint density at radius 3 is 2.09 bits per heavy atom. The first-order chi connectivity index (χ1) is 10.5. The van der Waals surface area contributed by atoms with Gasteiger partial charge in [-0.05, 0) is 25.7 Å². The standard InChI is InChI=1S/C18H30O4/c1-6-9-12-16(22-18(20)15(5)11-8-3)13-21-17(19)14(4)10-7-2/h7-8,14-16H,2-3,6,9-13H2,1,4-5H3. The van der Waals surface area contributed by atoms with Crippen molar-refractivity contribution in [3.8, 4) is 0 Å². The van der Waals surface area contributed by atoms with Crippen molar-refractivity contribution in [2.75, 3.05) is 6.61 Å². The number of rotatable bonds is 12. The van der Waals surface area contributed by atoms with Crippen molar-refractivity contribution < 1.29 is 19.1 Å². The van der Waals surface area contributed by atoms with E-state index in [1.165, 1.54) is 0 Å². The predicted molar refractivity (Wildman–Crippen MR) is 88.3 cm³/mol. The Kier molecular flexibility index (Phi) is 11.2. The van der Waals surface area contributed by atoms with Crippen molar-refractivity contribution in [3.05, 3.63) is 25.3 Å². The van der Waals surface area contributed by atoms with Gasteiger partial charge in [-0.15, -0.1) is 13.2 Å². The first kappa shape index (κ1) is 20.4. The molecule has 0 aliphatic rings. The Balaban J connectivity index is 4.44. The van der Waals surface area contributed by atoms with Gasteiger partial charge in [-0.25, -0.2) is 0 Å². The highest BCUT2D eigenvalue weighted by molar-refractivity contribution is 5.73. The second-order valence-electron chi connectivity index (χ2n) is 5.68. The van der Waals surface area contributed by atoms with E-state index < -0.39 is 0 Å². The molecule has 0 aliphatic heterocycles. The van der Waals surface area contributed by atoms with Crippen molar-refractivity contribution in [1.29, 1.82) is 0 Å². The summed E-state index contributed by atoms with van der Waals surface area (Å²) in [4.78, 5) is 23.8. The Bertz CT molecular complexity index is 362. The van der Waals surface area contributed by atoms with Crippen molar-refractivity contribution in [2.24, 2.45) is 11.8 Å². The minimum atomic E-state index is -0.375. The van der Waals surface area contributed by atoms with Crippen molar-refractivity contribution >= 4 is 11.9 Å². The SMILES string of the molecule is C=CCC(C)C(=O)OCC(CCCC)OC(=O)C(C)CC=C. The summed E-state index contributed by atoms with van der Waals surface area (Å²) in [5, 5.41) is 0. The molecular formula is C18H30O4. The van der Waals surface area contributed by atoms with E-state index in [4.69, 9.17) is 9.47 Å². The number of hydrogen-bond donors (Lipinski definition) is 0. The van der Waals surface area contributed by atoms with E-state index in [0.29, 0.717) is 19.3 Å². The molecule has 126 valence electrons. The van der Waals surface area contributed by atoms with Crippen LogP contribution < -0.4 is 0 Å². The van der Waals surface area contributed by atoms with Crippen LogP contribution in [0.25, 0.3) is 0 Å². The third-order valence-electron chi connectivity index (χ3n) is 3.42. The van der Waals surface area contributed by atoms with Crippen LogP contribution in [0, 0.1) is 11.8 Å². The second kappa shape index (κ2) is 12.0. The van der Waals surface area contributed by atoms with Gasteiger partial charge in [0.1, 0.15) is 12.7 Å². The van der Waals surface area contributed by atoms with E-state index >= 15 is 0 Å². The Labute approximate surface area is 134 Å². The normalized spacial score (nSPS) is 14.5. The van der Waals surface area contributed by atoms with Crippen molar-refractivity contribution in [2.45, 2.75) is 59.0 Å². The lowest BCUT2D eigenvalue weighted by atomic mass is 10.1. The highest BCUT2D eigenvalue weighted by Crippen LogP contribution is 2.13. The fourth-order valence-electron chi connectivity index (χ4n) is 1.90. The molecule has 0 saturated carbocycles. The smallest absolute Gasteiger partial charge is 0.309 e. The number of hydrogen-bond acceptors (Lipinski definition) is 4. The van der Waals surface area contributed by atoms with Gasteiger partial charge in [0.25, 0.3) is 0 Å². The van der Waals surface area contributed by atoms with Gasteiger partial charge in [0.05, 0.1) is 11.8 Å². The zero-order chi connectivity index (χ0) is 17.0. The van der Waals surface area contributed by atoms with Gasteiger partial charge in [-0.3, -0.25) is 9.59 Å². The molecule has 0 aromatic rings. The van der Waals surface area contributed by atoms with Gasteiger partial charge < -0.3 is 9.47 Å². The number of carbonyl (C=O) groups is 2. The number of esters is 2. The van der Waals surface area contributed by atoms with E-state index in [-0.39, 0.29) is 36.5 Å². The Morgan fingerprint density at radius 2 is 1.59 bits per heavy atom. The quantitative estimate of drug-likeness (QED) is 0.403. The van der Waals surface area contributed by atoms with Crippen LogP contribution >= 0.6 is 0 Å². The molecule has 0 rings (SSSR count). The summed E-state index contributed by atoms with van der Waals surface area (Å²) in [5.74, 6) is -0.996. The van der Waals surface area contributed by atoms with Crippen LogP contribution in [0.4, 0.5) is 0 Å². The maximum atomic E-state index is 12.0. The lowest BCUT2D eigenvalue weighted by Gasteiger charge is -2.20. The van der Waals surface area contributed by atoms with E-state index in [9.17, 15) is 9.59 Å². The predicted octanol–water partition coefficient (Wildman–Crippen LogP) is 4.06. The number of allylic oxidation sites excluding steroid dienone is 2. The monoisotopic (exact) mass is 310 g/mol. The summed E-state index contributed by atoms with van der Waals surface area (Å²) < 4.78 is 10.7. The van der Waals surface area contributed by atoms with Gasteiger partial charge in [-0.2, -0.15) is 0 Å². The van der Waals surface area contributed by atoms with Crippen LogP contribution in [0.15, 0.2) is 25.3 Å². The van der Waals surface area contributed by atoms with Crippen LogP contribution in [-0.2, 0) is 19.1 Å². The van der Waals surface area contributed by atoms with Crippen LogP contribution in [0.2, 0.25) is 0 Å². The minimum absolute atomic E-state index is 0.118. The first-order valence-corrected chi connectivity index (χ1v) is 8.05. The molecule has 0 amide bonds. The summed E-state index contributed by atoms with van der Waals surface area (Å²) in [6.45, 7) is 13.0. The second-order valence-corrected chi connectivity index (χ2v) is 5.68. The van der Waals surface area contributed by atoms with Crippen molar-refractivity contribution in [1.82, 2.24) is 0 Å². The summed E-state index contributed by atoms with van der Waals surface area (Å²) in [6, 6.07) is 0. The average molecular weight is 310 g/mol. The van der Waals surface area contributed by atoms with Gasteiger partial charge in [0.2, 0.25) is 0 Å². The molecule has 0 bridgehead atoms. The fourth-order valence-corrected chi connectivity index (χ4v) is 1.90. The van der Waals surface area contributed by atoms with Crippen LogP contribution in [0.5, 0.6) is 0 Å². The third-order valence-corrected chi connectivity index (χ3v) is 3.42. The number of unbranched alkanes of at least 4 members (excludes halogenated alkanes) is 1. The van der Waals surface area contributed by atoms with Crippen LogP contribution in [-0.4, -0.2) is 24.6 Å². The number of carbonyl (C=O) groups excluding carboxylic acids is 2. The molecule has 4 heteroatoms. The molecule has 0 N–H and O–H groups in total. The average Bonchev–Trinajstić information content (AvgIpc) is 2.49. The molecule has 4 nitrogen and oxygen atoms in total. The zero-order valence-electron chi connectivity index (χ0n) is 14.2. The minimum Gasteiger partial charge on any atom is -0.462 e. The molecule has 0 aromatic carbocycles. The maximum Gasteiger partial charge on any atom is 0.309 e. The maximum absolute atomic E-state index is 12.0. The van der Waals surface area contributed by atoms with Gasteiger partial charge in [-0.1, -0.05) is 39.3 Å². The topological polar surface area (TPSA) is 52.6 Å². The third kappa shape index (κ3) is 8.65. The zero-order valence-corrected chi connectivity index (χ0v) is 14.2. The Hall–Kier alpha value is -1.58. The fraction of sp³-hybridized carbons (Fsp3) is 0.667. The molecule has 0 fully saturated rings. The summed E-state index contributed by atoms with van der Waals surface area (Å²) >= 11 is 0. The van der Waals surface area contributed by atoms with Gasteiger partial charge >= 0.3 is 11.9 Å². The number of ether oxygens (including phenoxy) is 2. The van der Waals surface area contributed by atoms with E-state index in [2.05, 4.69) is 20.1 Å². The molecule has 0 radical (unpaired) electrons. The molecule has 3 atom stereocenters. The molecule has 0 aliphatic carbocycles. The highest BCUT2D eigenvalue weighted by Gasteiger charge is 2.21. The summed E-state index contributed by atoms with van der Waals surface area (Å²) in [5.41, 5.74) is 0. The van der Waals surface area contributed by atoms with Crippen LogP contribution in [0.1, 0.15) is 52.9 Å². The lowest BCUT2D eigenvalue weighted by Crippen LogP contribution is -2.29. The summed E-state index contributed by atoms with van der Waals surface area (Å²) in [7, 11) is 0. The molecular weight excluding hydrogens is 280 g/mol. The molecule has 0 aromatic heterocycles. The largest absolute Gasteiger partial charge is 0.462 e. The molecule has 0 spiro atoms. The van der Waals surface area contributed by atoms with E-state index in [1.807, 2.05) is 0 Å². The van der Waals surface area contributed by atoms with Crippen molar-refractivity contribution in [3.63, 3.8) is 0 Å². The Morgan fingerprint density at radius 1 is 1.05 bits per heavy atom. The molecule has 0 saturated heterocycles.